The van der Waals surface area contributed by atoms with E-state index < -0.39 is 0 Å². The van der Waals surface area contributed by atoms with Gasteiger partial charge in [0.25, 0.3) is 0 Å². The molecule has 0 bridgehead atoms. The highest BCUT2D eigenvalue weighted by molar-refractivity contribution is 4.86. The van der Waals surface area contributed by atoms with Crippen LogP contribution in [0.1, 0.15) is 39.5 Å². The number of hydrogen-bond donors (Lipinski definition) is 1. The van der Waals surface area contributed by atoms with Crippen molar-refractivity contribution in [2.24, 2.45) is 5.73 Å². The van der Waals surface area contributed by atoms with Crippen LogP contribution < -0.4 is 5.73 Å². The Balaban J connectivity index is 1.82. The summed E-state index contributed by atoms with van der Waals surface area (Å²) in [7, 11) is 0. The minimum atomic E-state index is 0.0998. The Kier molecular flexibility index (Phi) is 3.33. The highest BCUT2D eigenvalue weighted by Crippen LogP contribution is 2.30. The van der Waals surface area contributed by atoms with Gasteiger partial charge in [-0.3, -0.25) is 4.90 Å². The van der Waals surface area contributed by atoms with Gasteiger partial charge in [0.2, 0.25) is 0 Å². The molecule has 2 unspecified atom stereocenters. The van der Waals surface area contributed by atoms with Crippen LogP contribution in [-0.2, 0) is 4.74 Å². The maximum Gasteiger partial charge on any atom is 0.0710 e. The highest BCUT2D eigenvalue weighted by Gasteiger charge is 2.34. The van der Waals surface area contributed by atoms with Crippen molar-refractivity contribution in [2.45, 2.75) is 57.3 Å². The monoisotopic (exact) mass is 212 g/mol. The molecule has 2 aliphatic heterocycles. The van der Waals surface area contributed by atoms with Crippen molar-refractivity contribution >= 4 is 0 Å². The number of rotatable bonds is 3. The van der Waals surface area contributed by atoms with Gasteiger partial charge in [-0.1, -0.05) is 0 Å². The molecule has 0 saturated carbocycles. The lowest BCUT2D eigenvalue weighted by Gasteiger charge is -2.27. The third-order valence-electron chi connectivity index (χ3n) is 3.76. The predicted molar refractivity (Wildman–Crippen MR) is 61.8 cm³/mol. The Morgan fingerprint density at radius 2 is 2.20 bits per heavy atom. The standard InChI is InChI=1S/C12H24N2O/c1-12(2)6-5-11(15-12)9-14-7-3-4-10(14)8-13/h10-11H,3-9,13H2,1-2H3. The first-order chi connectivity index (χ1) is 7.11. The summed E-state index contributed by atoms with van der Waals surface area (Å²) in [5.74, 6) is 0. The van der Waals surface area contributed by atoms with Gasteiger partial charge < -0.3 is 10.5 Å². The molecule has 2 fully saturated rings. The largest absolute Gasteiger partial charge is 0.371 e. The van der Waals surface area contributed by atoms with E-state index >= 15 is 0 Å². The van der Waals surface area contributed by atoms with E-state index in [1.807, 2.05) is 0 Å². The van der Waals surface area contributed by atoms with Crippen LogP contribution in [-0.4, -0.2) is 42.3 Å². The molecule has 0 aromatic carbocycles. The van der Waals surface area contributed by atoms with Crippen LogP contribution in [0.2, 0.25) is 0 Å². The van der Waals surface area contributed by atoms with Crippen LogP contribution in [0.15, 0.2) is 0 Å². The van der Waals surface area contributed by atoms with Crippen LogP contribution in [0, 0.1) is 0 Å². The Labute approximate surface area is 93.0 Å². The van der Waals surface area contributed by atoms with E-state index in [1.165, 1.54) is 32.2 Å². The van der Waals surface area contributed by atoms with Gasteiger partial charge >= 0.3 is 0 Å². The SMILES string of the molecule is CC1(C)CCC(CN2CCCC2CN)O1. The molecule has 2 aliphatic rings. The van der Waals surface area contributed by atoms with Crippen LogP contribution >= 0.6 is 0 Å². The lowest BCUT2D eigenvalue weighted by Crippen LogP contribution is -2.40. The molecule has 15 heavy (non-hydrogen) atoms. The fourth-order valence-corrected chi connectivity index (χ4v) is 2.87. The van der Waals surface area contributed by atoms with Crippen molar-refractivity contribution in [3.05, 3.63) is 0 Å². The normalized spacial score (nSPS) is 36.2. The molecule has 88 valence electrons. The van der Waals surface area contributed by atoms with Gasteiger partial charge in [-0.05, 0) is 46.1 Å². The smallest absolute Gasteiger partial charge is 0.0710 e. The predicted octanol–water partition coefficient (Wildman–Crippen LogP) is 1.37. The van der Waals surface area contributed by atoms with Gasteiger partial charge in [-0.15, -0.1) is 0 Å². The van der Waals surface area contributed by atoms with Crippen molar-refractivity contribution in [1.29, 1.82) is 0 Å². The molecule has 2 N–H and O–H groups in total. The minimum Gasteiger partial charge on any atom is -0.371 e. The maximum absolute atomic E-state index is 6.02. The van der Waals surface area contributed by atoms with Gasteiger partial charge in [0.15, 0.2) is 0 Å². The fraction of sp³-hybridized carbons (Fsp3) is 1.00. The summed E-state index contributed by atoms with van der Waals surface area (Å²) in [6.45, 7) is 7.48. The molecule has 2 atom stereocenters. The highest BCUT2D eigenvalue weighted by atomic mass is 16.5. The maximum atomic E-state index is 6.02. The van der Waals surface area contributed by atoms with Crippen molar-refractivity contribution in [1.82, 2.24) is 4.90 Å². The molecule has 3 heteroatoms. The second-order valence-corrected chi connectivity index (χ2v) is 5.56. The lowest BCUT2D eigenvalue weighted by atomic mass is 10.1. The minimum absolute atomic E-state index is 0.0998. The summed E-state index contributed by atoms with van der Waals surface area (Å²) in [6.07, 6.45) is 5.41. The number of ether oxygens (including phenoxy) is 1. The molecule has 0 aromatic heterocycles. The molecular weight excluding hydrogens is 188 g/mol. The molecule has 0 aromatic rings. The summed E-state index contributed by atoms with van der Waals surface area (Å²) in [5.41, 5.74) is 5.87. The summed E-state index contributed by atoms with van der Waals surface area (Å²) < 4.78 is 6.02. The molecular formula is C12H24N2O. The molecule has 0 amide bonds. The lowest BCUT2D eigenvalue weighted by molar-refractivity contribution is -0.0297. The number of hydrogen-bond acceptors (Lipinski definition) is 3. The van der Waals surface area contributed by atoms with Crippen molar-refractivity contribution in [2.75, 3.05) is 19.6 Å². The zero-order valence-electron chi connectivity index (χ0n) is 10.0. The third-order valence-corrected chi connectivity index (χ3v) is 3.76. The Hall–Kier alpha value is -0.120. The summed E-state index contributed by atoms with van der Waals surface area (Å²) >= 11 is 0. The van der Waals surface area contributed by atoms with Crippen LogP contribution in [0.3, 0.4) is 0 Å². The molecule has 0 aliphatic carbocycles. The van der Waals surface area contributed by atoms with E-state index in [0.717, 1.165) is 13.1 Å². The molecule has 2 saturated heterocycles. The van der Waals surface area contributed by atoms with Gasteiger partial charge in [-0.25, -0.2) is 0 Å². The van der Waals surface area contributed by atoms with E-state index in [1.54, 1.807) is 0 Å². The number of nitrogens with two attached hydrogens (primary N) is 1. The first kappa shape index (κ1) is 11.4. The van der Waals surface area contributed by atoms with Gasteiger partial charge in [-0.2, -0.15) is 0 Å². The molecule has 0 radical (unpaired) electrons. The average Bonchev–Trinajstić information content (AvgIpc) is 2.73. The van der Waals surface area contributed by atoms with E-state index in [2.05, 4.69) is 18.7 Å². The van der Waals surface area contributed by atoms with Gasteiger partial charge in [0.05, 0.1) is 11.7 Å². The zero-order valence-corrected chi connectivity index (χ0v) is 10.0. The van der Waals surface area contributed by atoms with Crippen LogP contribution in [0.5, 0.6) is 0 Å². The Morgan fingerprint density at radius 1 is 1.40 bits per heavy atom. The Morgan fingerprint density at radius 3 is 2.80 bits per heavy atom. The van der Waals surface area contributed by atoms with Crippen LogP contribution in [0.4, 0.5) is 0 Å². The summed E-state index contributed by atoms with van der Waals surface area (Å²) in [6, 6.07) is 0.609. The summed E-state index contributed by atoms with van der Waals surface area (Å²) in [4.78, 5) is 2.52. The molecule has 3 nitrogen and oxygen atoms in total. The van der Waals surface area contributed by atoms with Crippen molar-refractivity contribution in [3.63, 3.8) is 0 Å². The first-order valence-corrected chi connectivity index (χ1v) is 6.23. The van der Waals surface area contributed by atoms with Crippen LogP contribution in [0.25, 0.3) is 0 Å². The fourth-order valence-electron chi connectivity index (χ4n) is 2.87. The van der Waals surface area contributed by atoms with Gasteiger partial charge in [0.1, 0.15) is 0 Å². The van der Waals surface area contributed by atoms with E-state index in [-0.39, 0.29) is 5.60 Å². The van der Waals surface area contributed by atoms with Crippen molar-refractivity contribution in [3.8, 4) is 0 Å². The molecule has 2 heterocycles. The molecule has 0 spiro atoms. The third kappa shape index (κ3) is 2.71. The average molecular weight is 212 g/mol. The molecule has 2 rings (SSSR count). The zero-order chi connectivity index (χ0) is 10.9. The van der Waals surface area contributed by atoms with E-state index in [0.29, 0.717) is 12.1 Å². The Bertz CT molecular complexity index is 218. The second-order valence-electron chi connectivity index (χ2n) is 5.56. The topological polar surface area (TPSA) is 38.5 Å². The van der Waals surface area contributed by atoms with Gasteiger partial charge in [0, 0.05) is 19.1 Å². The van der Waals surface area contributed by atoms with Crippen molar-refractivity contribution < 1.29 is 4.74 Å². The second kappa shape index (κ2) is 4.40. The summed E-state index contributed by atoms with van der Waals surface area (Å²) in [5, 5.41) is 0. The van der Waals surface area contributed by atoms with E-state index in [4.69, 9.17) is 10.5 Å². The first-order valence-electron chi connectivity index (χ1n) is 6.23. The number of likely N-dealkylation sites (tertiary alicyclic amines) is 1. The quantitative estimate of drug-likeness (QED) is 0.768. The number of nitrogens with zero attached hydrogens (tertiary/aromatic N) is 1. The van der Waals surface area contributed by atoms with E-state index in [9.17, 15) is 0 Å².